The van der Waals surface area contributed by atoms with Gasteiger partial charge in [0.25, 0.3) is 0 Å². The summed E-state index contributed by atoms with van der Waals surface area (Å²) in [6.45, 7) is 2.35. The predicted molar refractivity (Wildman–Crippen MR) is 74.8 cm³/mol. The molecular weight excluding hydrogens is 297 g/mol. The van der Waals surface area contributed by atoms with Gasteiger partial charge in [0.15, 0.2) is 0 Å². The van der Waals surface area contributed by atoms with Crippen molar-refractivity contribution in [1.82, 2.24) is 0 Å². The van der Waals surface area contributed by atoms with Crippen LogP contribution in [0.2, 0.25) is 18.1 Å². The number of alkyl halides is 1. The van der Waals surface area contributed by atoms with E-state index in [2.05, 4.69) is 6.92 Å². The normalized spacial score (nSPS) is 32.1. The topological polar surface area (TPSA) is 0 Å². The molecule has 0 bridgehead atoms. The van der Waals surface area contributed by atoms with Gasteiger partial charge in [0.2, 0.25) is 0 Å². The van der Waals surface area contributed by atoms with Gasteiger partial charge in [0, 0.05) is 14.2 Å². The Balaban J connectivity index is 0.00000144. The van der Waals surface area contributed by atoms with Crippen molar-refractivity contribution in [2.24, 2.45) is 11.8 Å². The fourth-order valence-electron chi connectivity index (χ4n) is 3.67. The van der Waals surface area contributed by atoms with Crippen LogP contribution in [-0.4, -0.2) is 14.2 Å². The molecule has 0 atom stereocenters. The molecule has 1 aliphatic heterocycles. The van der Waals surface area contributed by atoms with Crippen molar-refractivity contribution in [3.8, 4) is 0 Å². The summed E-state index contributed by atoms with van der Waals surface area (Å²) in [6.07, 6.45) is 9.97. The zero-order chi connectivity index (χ0) is 11.4. The van der Waals surface area contributed by atoms with Crippen molar-refractivity contribution in [1.29, 1.82) is 0 Å². The fourth-order valence-corrected chi connectivity index (χ4v) is 6.94. The second-order valence-electron chi connectivity index (χ2n) is 5.85. The van der Waals surface area contributed by atoms with Gasteiger partial charge in [-0.2, -0.15) is 0 Å². The first-order chi connectivity index (χ1) is 7.79. The number of halogens is 1. The van der Waals surface area contributed by atoms with Gasteiger partial charge in [0.05, 0.1) is 0 Å². The van der Waals surface area contributed by atoms with Gasteiger partial charge in [-0.25, -0.2) is 0 Å². The van der Waals surface area contributed by atoms with Crippen LogP contribution in [0.25, 0.3) is 0 Å². The summed E-state index contributed by atoms with van der Waals surface area (Å²) in [7, 11) is 0.0941. The van der Waals surface area contributed by atoms with Crippen molar-refractivity contribution in [2.45, 2.75) is 75.4 Å². The first-order valence-electron chi connectivity index (χ1n) is 7.27. The molecule has 17 heavy (non-hydrogen) atoms. The SMILES string of the molecule is CCC[Si]1CCC(C2CCC(Cl)CC2)CC1.[Zn+2]. The van der Waals surface area contributed by atoms with Crippen LogP contribution in [0, 0.1) is 11.8 Å². The predicted octanol–water partition coefficient (Wildman–Crippen LogP) is 5.10. The molecular formula is C14H26ClSiZn+2. The van der Waals surface area contributed by atoms with Crippen LogP contribution < -0.4 is 0 Å². The van der Waals surface area contributed by atoms with E-state index in [1.54, 1.807) is 31.0 Å². The molecule has 1 radical (unpaired) electrons. The maximum atomic E-state index is 6.19. The van der Waals surface area contributed by atoms with Crippen LogP contribution in [0.5, 0.6) is 0 Å². The fraction of sp³-hybridized carbons (Fsp3) is 1.00. The Hall–Kier alpha value is 1.13. The molecule has 1 aliphatic carbocycles. The maximum Gasteiger partial charge on any atom is 2.00 e. The number of hydrogen-bond acceptors (Lipinski definition) is 0. The van der Waals surface area contributed by atoms with Crippen LogP contribution >= 0.6 is 11.6 Å². The molecule has 0 nitrogen and oxygen atoms in total. The van der Waals surface area contributed by atoms with Crippen LogP contribution in [-0.2, 0) is 19.5 Å². The quantitative estimate of drug-likeness (QED) is 0.501. The van der Waals surface area contributed by atoms with Gasteiger partial charge in [-0.3, -0.25) is 0 Å². The van der Waals surface area contributed by atoms with Gasteiger partial charge in [-0.1, -0.05) is 44.3 Å². The van der Waals surface area contributed by atoms with E-state index < -0.39 is 0 Å². The second kappa shape index (κ2) is 8.33. The Kier molecular flexibility index (Phi) is 7.93. The smallest absolute Gasteiger partial charge is 0.123 e. The molecule has 3 heteroatoms. The Labute approximate surface area is 127 Å². The molecule has 93 valence electrons. The summed E-state index contributed by atoms with van der Waals surface area (Å²) in [4.78, 5) is 0. The minimum absolute atomic E-state index is 0. The monoisotopic (exact) mass is 321 g/mol. The number of hydrogen-bond donors (Lipinski definition) is 0. The molecule has 1 saturated carbocycles. The number of rotatable bonds is 3. The van der Waals surface area contributed by atoms with Crippen molar-refractivity contribution >= 4 is 20.4 Å². The van der Waals surface area contributed by atoms with Crippen molar-refractivity contribution in [3.63, 3.8) is 0 Å². The molecule has 2 aliphatic rings. The summed E-state index contributed by atoms with van der Waals surface area (Å²) in [5, 5.41) is 0.500. The van der Waals surface area contributed by atoms with Gasteiger partial charge >= 0.3 is 19.5 Å². The minimum atomic E-state index is 0. The molecule has 2 fully saturated rings. The summed E-state index contributed by atoms with van der Waals surface area (Å²) in [6, 6.07) is 4.81. The molecule has 0 unspecified atom stereocenters. The van der Waals surface area contributed by atoms with E-state index in [0.717, 1.165) is 11.8 Å². The second-order valence-corrected chi connectivity index (χ2v) is 9.47. The molecule has 1 saturated heterocycles. The Bertz CT molecular complexity index is 196. The molecule has 0 aromatic carbocycles. The Morgan fingerprint density at radius 2 is 1.47 bits per heavy atom. The first kappa shape index (κ1) is 16.2. The minimum Gasteiger partial charge on any atom is -0.123 e. The molecule has 0 aromatic rings. The largest absolute Gasteiger partial charge is 2.00 e. The first-order valence-corrected chi connectivity index (χ1v) is 9.83. The van der Waals surface area contributed by atoms with Gasteiger partial charge < -0.3 is 0 Å². The molecule has 0 aromatic heterocycles. The van der Waals surface area contributed by atoms with Crippen LogP contribution in [0.4, 0.5) is 0 Å². The Morgan fingerprint density at radius 1 is 0.941 bits per heavy atom. The van der Waals surface area contributed by atoms with E-state index in [0.29, 0.717) is 5.38 Å². The molecule has 0 amide bonds. The van der Waals surface area contributed by atoms with Crippen LogP contribution in [0.15, 0.2) is 0 Å². The van der Waals surface area contributed by atoms with Crippen molar-refractivity contribution in [3.05, 3.63) is 0 Å². The van der Waals surface area contributed by atoms with Gasteiger partial charge in [-0.15, -0.1) is 11.6 Å². The summed E-state index contributed by atoms with van der Waals surface area (Å²) in [5.74, 6) is 2.12. The van der Waals surface area contributed by atoms with Gasteiger partial charge in [-0.05, 0) is 37.5 Å². The summed E-state index contributed by atoms with van der Waals surface area (Å²) in [5.41, 5.74) is 0. The van der Waals surface area contributed by atoms with E-state index in [9.17, 15) is 0 Å². The third kappa shape index (κ3) is 4.96. The molecule has 0 N–H and O–H groups in total. The van der Waals surface area contributed by atoms with E-state index in [4.69, 9.17) is 11.6 Å². The molecule has 0 spiro atoms. The zero-order valence-corrected chi connectivity index (χ0v) is 16.1. The zero-order valence-electron chi connectivity index (χ0n) is 11.4. The van der Waals surface area contributed by atoms with Crippen molar-refractivity contribution in [2.75, 3.05) is 0 Å². The standard InChI is InChI=1S/C14H26ClSi.Zn/c1-2-9-16-10-7-13(8-11-16)12-3-5-14(15)6-4-12;/h12-14H,2-11H2,1H3;/q;+2. The van der Waals surface area contributed by atoms with E-state index >= 15 is 0 Å². The van der Waals surface area contributed by atoms with Gasteiger partial charge in [0.1, 0.15) is 0 Å². The molecule has 2 rings (SSSR count). The van der Waals surface area contributed by atoms with E-state index in [1.165, 1.54) is 32.1 Å². The summed E-state index contributed by atoms with van der Waals surface area (Å²) >= 11 is 6.19. The Morgan fingerprint density at radius 3 is 2.00 bits per heavy atom. The van der Waals surface area contributed by atoms with E-state index in [1.807, 2.05) is 0 Å². The molecule has 1 heterocycles. The van der Waals surface area contributed by atoms with E-state index in [-0.39, 0.29) is 28.3 Å². The third-order valence-electron chi connectivity index (χ3n) is 4.71. The average Bonchev–Trinajstić information content (AvgIpc) is 2.32. The van der Waals surface area contributed by atoms with Crippen LogP contribution in [0.1, 0.15) is 51.9 Å². The summed E-state index contributed by atoms with van der Waals surface area (Å²) < 4.78 is 0. The average molecular weight is 323 g/mol. The third-order valence-corrected chi connectivity index (χ3v) is 8.34. The van der Waals surface area contributed by atoms with Crippen molar-refractivity contribution < 1.29 is 19.5 Å². The maximum absolute atomic E-state index is 6.19. The van der Waals surface area contributed by atoms with Crippen LogP contribution in [0.3, 0.4) is 0 Å².